The summed E-state index contributed by atoms with van der Waals surface area (Å²) in [5, 5.41) is 12.1. The summed E-state index contributed by atoms with van der Waals surface area (Å²) in [5.74, 6) is 0.662. The Balaban J connectivity index is 3.52. The van der Waals surface area contributed by atoms with Crippen LogP contribution in [0, 0.1) is 11.1 Å². The Morgan fingerprint density at radius 2 is 0.710 bits per heavy atom. The summed E-state index contributed by atoms with van der Waals surface area (Å²) in [6.07, 6.45) is 33.6. The predicted octanol–water partition coefficient (Wildman–Crippen LogP) is 9.02. The third-order valence-corrected chi connectivity index (χ3v) is 7.01. The fourth-order valence-electron chi connectivity index (χ4n) is 4.95. The molecule has 188 valence electrons. The molecule has 0 fully saturated rings. The Bertz CT molecular complexity index is 318. The van der Waals surface area contributed by atoms with Crippen LogP contribution in [-0.2, 0) is 0 Å². The highest BCUT2D eigenvalue weighted by Crippen LogP contribution is 2.19. The number of unbranched alkanes of at least 4 members (excludes halogenated alkanes) is 20. The highest BCUT2D eigenvalue weighted by atomic mass is 16.5. The minimum atomic E-state index is 0.399. The molecule has 0 amide bonds. The van der Waals surface area contributed by atoms with Crippen LogP contribution in [0.15, 0.2) is 0 Å². The topological polar surface area (TPSA) is 27.5 Å². The van der Waals surface area contributed by atoms with Crippen LogP contribution < -0.4 is 5.06 Å². The van der Waals surface area contributed by atoms with Crippen LogP contribution in [0.2, 0.25) is 0 Å². The first-order valence-corrected chi connectivity index (χ1v) is 14.7. The molecule has 0 rings (SSSR count). The molecule has 0 aromatic carbocycles. The molecule has 0 aliphatic heterocycles. The van der Waals surface area contributed by atoms with Gasteiger partial charge in [0.25, 0.3) is 0 Å². The summed E-state index contributed by atoms with van der Waals surface area (Å²) in [6.45, 7) is 5.41. The van der Waals surface area contributed by atoms with Gasteiger partial charge in [0.2, 0.25) is 0 Å². The van der Waals surface area contributed by atoms with E-state index >= 15 is 0 Å². The monoisotopic (exact) mass is 439 g/mol. The first-order chi connectivity index (χ1) is 15.2. The van der Waals surface area contributed by atoms with Gasteiger partial charge in [-0.15, -0.1) is 0 Å². The molecule has 0 saturated heterocycles. The van der Waals surface area contributed by atoms with Crippen molar-refractivity contribution in [2.45, 2.75) is 168 Å². The van der Waals surface area contributed by atoms with Gasteiger partial charge in [0.05, 0.1) is 13.6 Å². The van der Waals surface area contributed by atoms with Gasteiger partial charge in [0.1, 0.15) is 0 Å². The van der Waals surface area contributed by atoms with Gasteiger partial charge in [-0.05, 0) is 12.8 Å². The second-order valence-corrected chi connectivity index (χ2v) is 10.4. The van der Waals surface area contributed by atoms with Crippen molar-refractivity contribution in [2.75, 3.05) is 13.6 Å². The van der Waals surface area contributed by atoms with Crippen LogP contribution in [-0.4, -0.2) is 13.6 Å². The zero-order chi connectivity index (χ0) is 22.8. The average molecular weight is 440 g/mol. The van der Waals surface area contributed by atoms with E-state index in [4.69, 9.17) is 0 Å². The molecule has 2 heteroatoms. The standard InChI is InChI=1S/C29H61NO/c1-4-6-8-10-12-14-16-17-19-21-23-25-27-29(28-30(3)31)26-24-22-20-18-15-13-11-9-7-5-2/h29-30H,4-28H2,1-3H3. The van der Waals surface area contributed by atoms with Gasteiger partial charge in [0, 0.05) is 5.92 Å². The number of nitrogens with one attached hydrogen (secondary N) is 1. The summed E-state index contributed by atoms with van der Waals surface area (Å²) in [6, 6.07) is 0. The van der Waals surface area contributed by atoms with Crippen LogP contribution in [0.5, 0.6) is 0 Å². The number of quaternary nitrogens is 1. The Hall–Kier alpha value is -0.0800. The largest absolute Gasteiger partial charge is 0.634 e. The zero-order valence-electron chi connectivity index (χ0n) is 22.2. The van der Waals surface area contributed by atoms with E-state index in [2.05, 4.69) is 13.8 Å². The fraction of sp³-hybridized carbons (Fsp3) is 1.00. The van der Waals surface area contributed by atoms with Crippen LogP contribution >= 0.6 is 0 Å². The van der Waals surface area contributed by atoms with Crippen LogP contribution in [0.4, 0.5) is 0 Å². The average Bonchev–Trinajstić information content (AvgIpc) is 2.75. The van der Waals surface area contributed by atoms with Crippen LogP contribution in [0.1, 0.15) is 168 Å². The van der Waals surface area contributed by atoms with Gasteiger partial charge in [-0.25, -0.2) is 0 Å². The third kappa shape index (κ3) is 26.1. The molecule has 0 heterocycles. The predicted molar refractivity (Wildman–Crippen MR) is 141 cm³/mol. The van der Waals surface area contributed by atoms with E-state index in [0.717, 1.165) is 6.54 Å². The number of hydrogen-bond donors (Lipinski definition) is 1. The Morgan fingerprint density at radius 3 is 0.968 bits per heavy atom. The third-order valence-electron chi connectivity index (χ3n) is 7.01. The molecule has 0 aliphatic rings. The SMILES string of the molecule is CCCCCCCCCCCCCCC(CCCCCCCCCCCC)C[NH+](C)[O-]. The van der Waals surface area contributed by atoms with Crippen molar-refractivity contribution in [3.8, 4) is 0 Å². The first-order valence-electron chi connectivity index (χ1n) is 14.7. The molecule has 0 aromatic heterocycles. The van der Waals surface area contributed by atoms with E-state index in [9.17, 15) is 5.21 Å². The van der Waals surface area contributed by atoms with Crippen molar-refractivity contribution >= 4 is 0 Å². The van der Waals surface area contributed by atoms with E-state index in [1.54, 1.807) is 7.05 Å². The lowest BCUT2D eigenvalue weighted by atomic mass is 9.94. The molecule has 0 bridgehead atoms. The number of hydroxylamine groups is 2. The van der Waals surface area contributed by atoms with Crippen molar-refractivity contribution in [2.24, 2.45) is 5.92 Å². The van der Waals surface area contributed by atoms with Gasteiger partial charge in [0.15, 0.2) is 0 Å². The minimum Gasteiger partial charge on any atom is -0.634 e. The van der Waals surface area contributed by atoms with Gasteiger partial charge < -0.3 is 10.3 Å². The lowest BCUT2D eigenvalue weighted by molar-refractivity contribution is -0.830. The fourth-order valence-corrected chi connectivity index (χ4v) is 4.95. The number of hydrogen-bond acceptors (Lipinski definition) is 1. The molecular formula is C29H61NO. The summed E-state index contributed by atoms with van der Waals surface area (Å²) < 4.78 is 0. The second-order valence-electron chi connectivity index (χ2n) is 10.4. The van der Waals surface area contributed by atoms with E-state index in [-0.39, 0.29) is 0 Å². The molecule has 0 saturated carbocycles. The second kappa shape index (κ2) is 26.2. The highest BCUT2D eigenvalue weighted by Gasteiger charge is 2.11. The normalized spacial score (nSPS) is 13.5. The van der Waals surface area contributed by atoms with Crippen LogP contribution in [0.3, 0.4) is 0 Å². The van der Waals surface area contributed by atoms with Gasteiger partial charge in [-0.2, -0.15) is 0 Å². The van der Waals surface area contributed by atoms with Crippen molar-refractivity contribution in [3.05, 3.63) is 5.21 Å². The van der Waals surface area contributed by atoms with Gasteiger partial charge in [-0.1, -0.05) is 155 Å². The zero-order valence-corrected chi connectivity index (χ0v) is 22.2. The van der Waals surface area contributed by atoms with E-state index in [1.807, 2.05) is 0 Å². The highest BCUT2D eigenvalue weighted by molar-refractivity contribution is 4.60. The summed E-state index contributed by atoms with van der Waals surface area (Å²) in [7, 11) is 1.79. The summed E-state index contributed by atoms with van der Waals surface area (Å²) in [5.41, 5.74) is 0. The van der Waals surface area contributed by atoms with E-state index in [1.165, 1.54) is 154 Å². The molecule has 31 heavy (non-hydrogen) atoms. The van der Waals surface area contributed by atoms with Gasteiger partial charge in [-0.3, -0.25) is 0 Å². The maximum absolute atomic E-state index is 11.7. The smallest absolute Gasteiger partial charge is 0.0794 e. The minimum absolute atomic E-state index is 0.399. The Labute approximate surface area is 197 Å². The lowest BCUT2D eigenvalue weighted by Crippen LogP contribution is -3.04. The van der Waals surface area contributed by atoms with Crippen LogP contribution in [0.25, 0.3) is 0 Å². The quantitative estimate of drug-likeness (QED) is 0.106. The molecule has 0 aliphatic carbocycles. The first kappa shape index (κ1) is 30.9. The van der Waals surface area contributed by atoms with Crippen molar-refractivity contribution in [3.63, 3.8) is 0 Å². The molecule has 0 aromatic rings. The summed E-state index contributed by atoms with van der Waals surface area (Å²) in [4.78, 5) is 0. The summed E-state index contributed by atoms with van der Waals surface area (Å²) >= 11 is 0. The Kier molecular flexibility index (Phi) is 26.1. The van der Waals surface area contributed by atoms with Crippen molar-refractivity contribution in [1.29, 1.82) is 0 Å². The van der Waals surface area contributed by atoms with Crippen molar-refractivity contribution < 1.29 is 5.06 Å². The van der Waals surface area contributed by atoms with Crippen molar-refractivity contribution in [1.82, 2.24) is 0 Å². The molecule has 1 N–H and O–H groups in total. The van der Waals surface area contributed by atoms with Gasteiger partial charge >= 0.3 is 0 Å². The number of rotatable bonds is 26. The molecule has 0 spiro atoms. The molecule has 2 unspecified atom stereocenters. The molecule has 2 atom stereocenters. The van der Waals surface area contributed by atoms with E-state index < -0.39 is 0 Å². The Morgan fingerprint density at radius 1 is 0.452 bits per heavy atom. The molecule has 2 nitrogen and oxygen atoms in total. The lowest BCUT2D eigenvalue weighted by Gasteiger charge is -2.23. The van der Waals surface area contributed by atoms with E-state index in [0.29, 0.717) is 11.0 Å². The maximum Gasteiger partial charge on any atom is 0.0794 e. The maximum atomic E-state index is 11.7. The molecular weight excluding hydrogens is 378 g/mol. The molecule has 0 radical (unpaired) electrons.